The summed E-state index contributed by atoms with van der Waals surface area (Å²) in [6.45, 7) is 6.64. The number of carbonyl (C=O) groups excluding carboxylic acids is 1. The molecular weight excluding hydrogens is 238 g/mol. The third-order valence-electron chi connectivity index (χ3n) is 2.15. The Morgan fingerprint density at radius 2 is 2.24 bits per heavy atom. The highest BCUT2D eigenvalue weighted by atomic mass is 35.5. The second-order valence-electron chi connectivity index (χ2n) is 4.26. The molecule has 0 fully saturated rings. The summed E-state index contributed by atoms with van der Waals surface area (Å²) in [5.74, 6) is -0.0625. The van der Waals surface area contributed by atoms with E-state index in [9.17, 15) is 4.79 Å². The lowest BCUT2D eigenvalue weighted by molar-refractivity contribution is -0.116. The van der Waals surface area contributed by atoms with Crippen molar-refractivity contribution in [2.45, 2.75) is 33.2 Å². The molecule has 0 aliphatic rings. The minimum Gasteiger partial charge on any atom is -0.323 e. The maximum Gasteiger partial charge on any atom is 0.225 e. The quantitative estimate of drug-likeness (QED) is 0.795. The van der Waals surface area contributed by atoms with Gasteiger partial charge in [0.1, 0.15) is 0 Å². The second-order valence-corrected chi connectivity index (χ2v) is 4.62. The van der Waals surface area contributed by atoms with Gasteiger partial charge in [0.05, 0.1) is 5.69 Å². The standard InChI is InChI=1S/C12H18ClN3O/c1-8(2)14-5-4-11(17)16-10-6-9(3)7-15-12(10)13/h6-8,14H,4-5H2,1-3H3,(H,16,17). The van der Waals surface area contributed by atoms with E-state index < -0.39 is 0 Å². The zero-order valence-corrected chi connectivity index (χ0v) is 11.1. The van der Waals surface area contributed by atoms with E-state index in [1.807, 2.05) is 26.8 Å². The van der Waals surface area contributed by atoms with Gasteiger partial charge < -0.3 is 10.6 Å². The van der Waals surface area contributed by atoms with Crippen LogP contribution in [0.4, 0.5) is 5.69 Å². The van der Waals surface area contributed by atoms with E-state index in [0.29, 0.717) is 29.8 Å². The van der Waals surface area contributed by atoms with Crippen molar-refractivity contribution >= 4 is 23.2 Å². The van der Waals surface area contributed by atoms with Crippen molar-refractivity contribution in [3.8, 4) is 0 Å². The number of rotatable bonds is 5. The molecule has 1 heterocycles. The summed E-state index contributed by atoms with van der Waals surface area (Å²) >= 11 is 5.88. The minimum absolute atomic E-state index is 0.0625. The first-order valence-corrected chi connectivity index (χ1v) is 6.02. The molecular formula is C12H18ClN3O. The first-order valence-electron chi connectivity index (χ1n) is 5.64. The lowest BCUT2D eigenvalue weighted by Gasteiger charge is -2.09. The number of halogens is 1. The van der Waals surface area contributed by atoms with Crippen molar-refractivity contribution in [1.82, 2.24) is 10.3 Å². The van der Waals surface area contributed by atoms with Crippen molar-refractivity contribution in [1.29, 1.82) is 0 Å². The summed E-state index contributed by atoms with van der Waals surface area (Å²) in [4.78, 5) is 15.6. The summed E-state index contributed by atoms with van der Waals surface area (Å²) in [5.41, 5.74) is 1.53. The van der Waals surface area contributed by atoms with Gasteiger partial charge in [0.2, 0.25) is 5.91 Å². The lowest BCUT2D eigenvalue weighted by Crippen LogP contribution is -2.27. The molecule has 0 aliphatic heterocycles. The first-order chi connectivity index (χ1) is 7.99. The summed E-state index contributed by atoms with van der Waals surface area (Å²) in [6.07, 6.45) is 2.08. The third kappa shape index (κ3) is 5.15. The van der Waals surface area contributed by atoms with Crippen LogP contribution in [-0.2, 0) is 4.79 Å². The fraction of sp³-hybridized carbons (Fsp3) is 0.500. The molecule has 0 saturated carbocycles. The fourth-order valence-corrected chi connectivity index (χ4v) is 1.48. The van der Waals surface area contributed by atoms with E-state index in [0.717, 1.165) is 5.56 Å². The maximum atomic E-state index is 11.6. The topological polar surface area (TPSA) is 54.0 Å². The summed E-state index contributed by atoms with van der Waals surface area (Å²) in [7, 11) is 0. The van der Waals surface area contributed by atoms with Gasteiger partial charge >= 0.3 is 0 Å². The average molecular weight is 256 g/mol. The number of nitrogens with one attached hydrogen (secondary N) is 2. The molecule has 0 bridgehead atoms. The van der Waals surface area contributed by atoms with Crippen molar-refractivity contribution < 1.29 is 4.79 Å². The number of pyridine rings is 1. The van der Waals surface area contributed by atoms with E-state index in [1.165, 1.54) is 0 Å². The Bertz CT molecular complexity index is 393. The van der Waals surface area contributed by atoms with E-state index in [1.54, 1.807) is 6.20 Å². The molecule has 1 rings (SSSR count). The molecule has 1 aromatic heterocycles. The van der Waals surface area contributed by atoms with E-state index in [-0.39, 0.29) is 5.91 Å². The summed E-state index contributed by atoms with van der Waals surface area (Å²) < 4.78 is 0. The number of carbonyl (C=O) groups is 1. The van der Waals surface area contributed by atoms with Crippen molar-refractivity contribution in [3.05, 3.63) is 23.0 Å². The van der Waals surface area contributed by atoms with Gasteiger partial charge in [-0.2, -0.15) is 0 Å². The number of aryl methyl sites for hydroxylation is 1. The molecule has 0 spiro atoms. The minimum atomic E-state index is -0.0625. The van der Waals surface area contributed by atoms with Gasteiger partial charge in [-0.1, -0.05) is 25.4 Å². The van der Waals surface area contributed by atoms with Crippen molar-refractivity contribution in [2.75, 3.05) is 11.9 Å². The van der Waals surface area contributed by atoms with E-state index >= 15 is 0 Å². The molecule has 1 amide bonds. The van der Waals surface area contributed by atoms with Crippen LogP contribution in [0.1, 0.15) is 25.8 Å². The van der Waals surface area contributed by atoms with E-state index in [2.05, 4.69) is 15.6 Å². The number of amides is 1. The summed E-state index contributed by atoms with van der Waals surface area (Å²) in [5, 5.41) is 6.25. The van der Waals surface area contributed by atoms with Crippen LogP contribution in [0.15, 0.2) is 12.3 Å². The number of nitrogens with zero attached hydrogens (tertiary/aromatic N) is 1. The van der Waals surface area contributed by atoms with Gasteiger partial charge in [0.15, 0.2) is 5.15 Å². The van der Waals surface area contributed by atoms with Crippen LogP contribution in [0.5, 0.6) is 0 Å². The number of hydrogen-bond acceptors (Lipinski definition) is 3. The molecule has 0 unspecified atom stereocenters. The smallest absolute Gasteiger partial charge is 0.225 e. The largest absolute Gasteiger partial charge is 0.323 e. The normalized spacial score (nSPS) is 10.6. The summed E-state index contributed by atoms with van der Waals surface area (Å²) in [6, 6.07) is 2.19. The van der Waals surface area contributed by atoms with Crippen LogP contribution >= 0.6 is 11.6 Å². The van der Waals surface area contributed by atoms with Gasteiger partial charge in [-0.3, -0.25) is 4.79 Å². The molecule has 1 aromatic rings. The van der Waals surface area contributed by atoms with Crippen LogP contribution in [0.2, 0.25) is 5.15 Å². The maximum absolute atomic E-state index is 11.6. The highest BCUT2D eigenvalue weighted by Crippen LogP contribution is 2.19. The SMILES string of the molecule is Cc1cnc(Cl)c(NC(=O)CCNC(C)C)c1. The molecule has 0 atom stereocenters. The Kier molecular flexibility index (Phi) is 5.38. The van der Waals surface area contributed by atoms with Crippen LogP contribution < -0.4 is 10.6 Å². The molecule has 94 valence electrons. The number of aromatic nitrogens is 1. The monoisotopic (exact) mass is 255 g/mol. The van der Waals surface area contributed by atoms with Crippen LogP contribution in [-0.4, -0.2) is 23.5 Å². The molecule has 0 radical (unpaired) electrons. The molecule has 0 saturated heterocycles. The van der Waals surface area contributed by atoms with Crippen molar-refractivity contribution in [3.63, 3.8) is 0 Å². The Labute approximate surface area is 107 Å². The van der Waals surface area contributed by atoms with Gasteiger partial charge in [-0.25, -0.2) is 4.98 Å². The van der Waals surface area contributed by atoms with Crippen LogP contribution in [0, 0.1) is 6.92 Å². The zero-order chi connectivity index (χ0) is 12.8. The molecule has 2 N–H and O–H groups in total. The van der Waals surface area contributed by atoms with Crippen LogP contribution in [0.25, 0.3) is 0 Å². The van der Waals surface area contributed by atoms with Gasteiger partial charge in [-0.05, 0) is 18.6 Å². The lowest BCUT2D eigenvalue weighted by atomic mass is 10.3. The molecule has 17 heavy (non-hydrogen) atoms. The number of hydrogen-bond donors (Lipinski definition) is 2. The molecule has 5 heteroatoms. The van der Waals surface area contributed by atoms with Gasteiger partial charge in [0, 0.05) is 25.2 Å². The first kappa shape index (κ1) is 13.9. The van der Waals surface area contributed by atoms with Gasteiger partial charge in [0.25, 0.3) is 0 Å². The van der Waals surface area contributed by atoms with E-state index in [4.69, 9.17) is 11.6 Å². The predicted molar refractivity (Wildman–Crippen MR) is 70.4 cm³/mol. The third-order valence-corrected chi connectivity index (χ3v) is 2.46. The molecule has 4 nitrogen and oxygen atoms in total. The Morgan fingerprint density at radius 3 is 2.88 bits per heavy atom. The second kappa shape index (κ2) is 6.57. The zero-order valence-electron chi connectivity index (χ0n) is 10.4. The fourth-order valence-electron chi connectivity index (χ4n) is 1.33. The average Bonchev–Trinajstić information content (AvgIpc) is 2.23. The Balaban J connectivity index is 2.47. The highest BCUT2D eigenvalue weighted by molar-refractivity contribution is 6.32. The predicted octanol–water partition coefficient (Wildman–Crippen LogP) is 2.37. The Hall–Kier alpha value is -1.13. The van der Waals surface area contributed by atoms with Crippen LogP contribution in [0.3, 0.4) is 0 Å². The number of anilines is 1. The molecule has 0 aromatic carbocycles. The Morgan fingerprint density at radius 1 is 1.53 bits per heavy atom. The molecule has 0 aliphatic carbocycles. The van der Waals surface area contributed by atoms with Crippen molar-refractivity contribution in [2.24, 2.45) is 0 Å². The van der Waals surface area contributed by atoms with Gasteiger partial charge in [-0.15, -0.1) is 0 Å². The highest BCUT2D eigenvalue weighted by Gasteiger charge is 2.07.